The van der Waals surface area contributed by atoms with Crippen LogP contribution in [0.3, 0.4) is 0 Å². The van der Waals surface area contributed by atoms with E-state index in [4.69, 9.17) is 24.5 Å². The number of carbonyl (C=O) groups is 2. The Morgan fingerprint density at radius 2 is 1.79 bits per heavy atom. The molecule has 12 nitrogen and oxygen atoms in total. The number of para-hydroxylation sites is 2. The minimum atomic E-state index is -5.21. The lowest BCUT2D eigenvalue weighted by atomic mass is 9.97. The zero-order valence-electron chi connectivity index (χ0n) is 20.5. The molecular formula is C25H29N2O10P. The summed E-state index contributed by atoms with van der Waals surface area (Å²) in [5.41, 5.74) is 6.68. The van der Waals surface area contributed by atoms with Crippen LogP contribution in [-0.4, -0.2) is 62.4 Å². The first-order valence-electron chi connectivity index (χ1n) is 11.9. The van der Waals surface area contributed by atoms with Gasteiger partial charge in [0, 0.05) is 18.3 Å². The quantitative estimate of drug-likeness (QED) is 0.175. The molecule has 0 bridgehead atoms. The SMILES string of the molecule is CCCC(=O)OC[C@H]1O[C@@H](n2ccc3ccccc32)[C@H](OC(=O)c2ccccc2N)[C@@H](OP(=O)(O)O)[C@@H]1O. The monoisotopic (exact) mass is 548 g/mol. The number of nitrogens with zero attached hydrogens (tertiary/aromatic N) is 1. The van der Waals surface area contributed by atoms with E-state index >= 15 is 0 Å². The number of hydrogen-bond acceptors (Lipinski definition) is 9. The number of anilines is 1. The molecular weight excluding hydrogens is 519 g/mol. The molecule has 4 rings (SSSR count). The number of aromatic nitrogens is 1. The molecule has 5 atom stereocenters. The number of ether oxygens (including phenoxy) is 3. The molecule has 204 valence electrons. The first-order valence-corrected chi connectivity index (χ1v) is 13.5. The molecule has 1 saturated heterocycles. The highest BCUT2D eigenvalue weighted by molar-refractivity contribution is 7.46. The van der Waals surface area contributed by atoms with E-state index in [1.807, 2.05) is 12.1 Å². The maximum atomic E-state index is 13.1. The average molecular weight is 548 g/mol. The highest BCUT2D eigenvalue weighted by Gasteiger charge is 2.52. The summed E-state index contributed by atoms with van der Waals surface area (Å²) < 4.78 is 35.5. The number of aliphatic hydroxyl groups excluding tert-OH is 1. The standard InChI is InChI=1S/C25H29N2O10P/c1-2-7-20(28)34-14-19-21(29)22(37-38(31,32)33)23(36-25(30)16-9-4-5-10-17(16)26)24(35-19)27-13-12-15-8-3-6-11-18(15)27/h3-6,8-13,19,21-24,29H,2,7,14,26H2,1H3,(H2,31,32,33)/t19-,21-,22+,23-,24-/m1/s1. The van der Waals surface area contributed by atoms with E-state index < -0.39 is 57.0 Å². The minimum Gasteiger partial charge on any atom is -0.463 e. The number of fused-ring (bicyclic) bond motifs is 1. The van der Waals surface area contributed by atoms with E-state index in [2.05, 4.69) is 0 Å². The number of phosphoric acid groups is 1. The molecule has 2 heterocycles. The molecule has 3 aromatic rings. The van der Waals surface area contributed by atoms with Crippen molar-refractivity contribution in [3.63, 3.8) is 0 Å². The Morgan fingerprint density at radius 3 is 2.50 bits per heavy atom. The van der Waals surface area contributed by atoms with Gasteiger partial charge in [0.2, 0.25) is 0 Å². The number of esters is 2. The number of nitrogens with two attached hydrogens (primary N) is 1. The number of aliphatic hydroxyl groups is 1. The van der Waals surface area contributed by atoms with E-state index in [9.17, 15) is 29.0 Å². The van der Waals surface area contributed by atoms with Gasteiger partial charge in [-0.15, -0.1) is 0 Å². The highest BCUT2D eigenvalue weighted by Crippen LogP contribution is 2.44. The fourth-order valence-corrected chi connectivity index (χ4v) is 4.88. The summed E-state index contributed by atoms with van der Waals surface area (Å²) in [4.78, 5) is 44.4. The number of phosphoric ester groups is 1. The maximum Gasteiger partial charge on any atom is 0.470 e. The predicted molar refractivity (Wildman–Crippen MR) is 135 cm³/mol. The Bertz CT molecular complexity index is 1340. The molecule has 0 radical (unpaired) electrons. The molecule has 1 aromatic heterocycles. The van der Waals surface area contributed by atoms with E-state index in [0.717, 1.165) is 5.39 Å². The van der Waals surface area contributed by atoms with Crippen LogP contribution in [0.25, 0.3) is 10.9 Å². The molecule has 1 aliphatic rings. The van der Waals surface area contributed by atoms with Gasteiger partial charge < -0.3 is 39.4 Å². The zero-order valence-corrected chi connectivity index (χ0v) is 21.3. The number of carbonyl (C=O) groups excluding carboxylic acids is 2. The second kappa shape index (κ2) is 11.6. The second-order valence-corrected chi connectivity index (χ2v) is 9.98. The summed E-state index contributed by atoms with van der Waals surface area (Å²) >= 11 is 0. The van der Waals surface area contributed by atoms with Crippen LogP contribution in [0.5, 0.6) is 0 Å². The van der Waals surface area contributed by atoms with Crippen LogP contribution in [0.15, 0.2) is 60.8 Å². The molecule has 2 aromatic carbocycles. The topological polar surface area (TPSA) is 180 Å². The number of nitrogen functional groups attached to an aromatic ring is 1. The van der Waals surface area contributed by atoms with Crippen molar-refractivity contribution in [3.8, 4) is 0 Å². The summed E-state index contributed by atoms with van der Waals surface area (Å²) in [6.45, 7) is 1.37. The number of hydrogen-bond donors (Lipinski definition) is 4. The molecule has 5 N–H and O–H groups in total. The average Bonchev–Trinajstić information content (AvgIpc) is 3.29. The van der Waals surface area contributed by atoms with E-state index in [-0.39, 0.29) is 17.7 Å². The Hall–Kier alpha value is -3.25. The fourth-order valence-electron chi connectivity index (χ4n) is 4.32. The Kier molecular flexibility index (Phi) is 8.51. The van der Waals surface area contributed by atoms with Crippen LogP contribution < -0.4 is 5.73 Å². The summed E-state index contributed by atoms with van der Waals surface area (Å²) in [6, 6.07) is 15.1. The van der Waals surface area contributed by atoms with Crippen molar-refractivity contribution in [2.75, 3.05) is 12.3 Å². The van der Waals surface area contributed by atoms with Crippen LogP contribution in [0, 0.1) is 0 Å². The third-order valence-corrected chi connectivity index (χ3v) is 6.60. The molecule has 0 aliphatic carbocycles. The number of rotatable bonds is 9. The molecule has 0 saturated carbocycles. The van der Waals surface area contributed by atoms with Crippen molar-refractivity contribution < 1.29 is 47.8 Å². The molecule has 38 heavy (non-hydrogen) atoms. The van der Waals surface area contributed by atoms with E-state index in [0.29, 0.717) is 11.9 Å². The van der Waals surface area contributed by atoms with Gasteiger partial charge in [0.05, 0.1) is 11.1 Å². The Morgan fingerprint density at radius 1 is 1.08 bits per heavy atom. The predicted octanol–water partition coefficient (Wildman–Crippen LogP) is 2.53. The first-order chi connectivity index (χ1) is 18.1. The van der Waals surface area contributed by atoms with Gasteiger partial charge in [-0.05, 0) is 36.1 Å². The molecule has 0 amide bonds. The van der Waals surface area contributed by atoms with Crippen molar-refractivity contribution >= 4 is 36.4 Å². The van der Waals surface area contributed by atoms with Crippen molar-refractivity contribution in [2.24, 2.45) is 0 Å². The molecule has 0 spiro atoms. The van der Waals surface area contributed by atoms with Gasteiger partial charge in [-0.25, -0.2) is 9.36 Å². The van der Waals surface area contributed by atoms with Gasteiger partial charge in [0.1, 0.15) is 24.9 Å². The Labute approximate surface area is 218 Å². The maximum absolute atomic E-state index is 13.1. The van der Waals surface area contributed by atoms with Crippen LogP contribution in [0.4, 0.5) is 5.69 Å². The van der Waals surface area contributed by atoms with Gasteiger partial charge >= 0.3 is 19.8 Å². The molecule has 1 aliphatic heterocycles. The van der Waals surface area contributed by atoms with Crippen LogP contribution in [-0.2, 0) is 28.1 Å². The number of benzene rings is 2. The van der Waals surface area contributed by atoms with Gasteiger partial charge in [0.25, 0.3) is 0 Å². The molecule has 13 heteroatoms. The highest BCUT2D eigenvalue weighted by atomic mass is 31.2. The lowest BCUT2D eigenvalue weighted by Crippen LogP contribution is -2.58. The van der Waals surface area contributed by atoms with Crippen LogP contribution in [0.2, 0.25) is 0 Å². The van der Waals surface area contributed by atoms with Crippen molar-refractivity contribution in [1.29, 1.82) is 0 Å². The van der Waals surface area contributed by atoms with Crippen LogP contribution in [0.1, 0.15) is 36.4 Å². The summed E-state index contributed by atoms with van der Waals surface area (Å²) in [7, 11) is -5.21. The Balaban J connectivity index is 1.75. The van der Waals surface area contributed by atoms with Gasteiger partial charge in [-0.3, -0.25) is 9.32 Å². The van der Waals surface area contributed by atoms with E-state index in [1.54, 1.807) is 48.0 Å². The van der Waals surface area contributed by atoms with E-state index in [1.165, 1.54) is 12.1 Å². The zero-order chi connectivity index (χ0) is 27.4. The second-order valence-electron chi connectivity index (χ2n) is 8.79. The van der Waals surface area contributed by atoms with Crippen molar-refractivity contribution in [3.05, 3.63) is 66.4 Å². The normalized spacial score (nSPS) is 23.7. The summed E-state index contributed by atoms with van der Waals surface area (Å²) in [6.07, 6.45) is -5.26. The lowest BCUT2D eigenvalue weighted by molar-refractivity contribution is -0.248. The largest absolute Gasteiger partial charge is 0.470 e. The van der Waals surface area contributed by atoms with Crippen molar-refractivity contribution in [1.82, 2.24) is 4.57 Å². The van der Waals surface area contributed by atoms with Crippen LogP contribution >= 0.6 is 7.82 Å². The van der Waals surface area contributed by atoms with Gasteiger partial charge in [-0.1, -0.05) is 37.3 Å². The summed E-state index contributed by atoms with van der Waals surface area (Å²) in [5.74, 6) is -1.45. The van der Waals surface area contributed by atoms with Gasteiger partial charge in [0.15, 0.2) is 12.3 Å². The first kappa shape index (κ1) is 27.8. The smallest absolute Gasteiger partial charge is 0.463 e. The summed E-state index contributed by atoms with van der Waals surface area (Å²) in [5, 5.41) is 11.9. The molecule has 1 fully saturated rings. The van der Waals surface area contributed by atoms with Crippen molar-refractivity contribution in [2.45, 2.75) is 50.4 Å². The third kappa shape index (κ3) is 6.24. The lowest BCUT2D eigenvalue weighted by Gasteiger charge is -2.44. The minimum absolute atomic E-state index is 0.00338. The third-order valence-electron chi connectivity index (χ3n) is 6.09. The fraction of sp³-hybridized carbons (Fsp3) is 0.360. The van der Waals surface area contributed by atoms with Gasteiger partial charge in [-0.2, -0.15) is 0 Å². The molecule has 0 unspecified atom stereocenters.